The number of thioether (sulfide) groups is 1. The van der Waals surface area contributed by atoms with E-state index in [0.717, 1.165) is 12.2 Å². The SMILES string of the molecule is CCC(C)CSc1nc(N)nc(OC(C)C)n1. The summed E-state index contributed by atoms with van der Waals surface area (Å²) in [4.78, 5) is 12.2. The zero-order chi connectivity index (χ0) is 12.8. The number of nitrogens with zero attached hydrogens (tertiary/aromatic N) is 3. The molecule has 0 aliphatic rings. The van der Waals surface area contributed by atoms with Gasteiger partial charge in [0, 0.05) is 5.75 Å². The third-order valence-corrected chi connectivity index (χ3v) is 3.32. The molecule has 17 heavy (non-hydrogen) atoms. The number of ether oxygens (including phenoxy) is 1. The van der Waals surface area contributed by atoms with E-state index in [4.69, 9.17) is 10.5 Å². The predicted octanol–water partition coefficient (Wildman–Crippen LogP) is 2.38. The molecule has 0 saturated carbocycles. The van der Waals surface area contributed by atoms with Crippen LogP contribution in [-0.2, 0) is 0 Å². The molecule has 0 amide bonds. The van der Waals surface area contributed by atoms with Gasteiger partial charge in [-0.1, -0.05) is 32.0 Å². The first kappa shape index (κ1) is 14.0. The molecule has 0 aliphatic carbocycles. The van der Waals surface area contributed by atoms with E-state index in [0.29, 0.717) is 17.1 Å². The van der Waals surface area contributed by atoms with E-state index in [1.807, 2.05) is 13.8 Å². The highest BCUT2D eigenvalue weighted by atomic mass is 32.2. The molecule has 0 radical (unpaired) electrons. The van der Waals surface area contributed by atoms with E-state index >= 15 is 0 Å². The van der Waals surface area contributed by atoms with Crippen molar-refractivity contribution in [1.82, 2.24) is 15.0 Å². The van der Waals surface area contributed by atoms with Crippen LogP contribution in [0.25, 0.3) is 0 Å². The van der Waals surface area contributed by atoms with Crippen LogP contribution in [0.15, 0.2) is 5.16 Å². The van der Waals surface area contributed by atoms with Gasteiger partial charge in [0.25, 0.3) is 0 Å². The van der Waals surface area contributed by atoms with Crippen molar-refractivity contribution in [3.05, 3.63) is 0 Å². The van der Waals surface area contributed by atoms with E-state index in [2.05, 4.69) is 28.8 Å². The molecule has 1 unspecified atom stereocenters. The number of anilines is 1. The summed E-state index contributed by atoms with van der Waals surface area (Å²) in [6, 6.07) is 0.305. The highest BCUT2D eigenvalue weighted by Crippen LogP contribution is 2.20. The van der Waals surface area contributed by atoms with Crippen LogP contribution in [0.1, 0.15) is 34.1 Å². The molecule has 1 rings (SSSR count). The van der Waals surface area contributed by atoms with Gasteiger partial charge in [-0.15, -0.1) is 0 Å². The fourth-order valence-corrected chi connectivity index (χ4v) is 1.99. The number of nitrogens with two attached hydrogens (primary N) is 1. The van der Waals surface area contributed by atoms with Gasteiger partial charge in [0.15, 0.2) is 5.16 Å². The number of aromatic nitrogens is 3. The molecule has 0 aromatic carbocycles. The highest BCUT2D eigenvalue weighted by Gasteiger charge is 2.09. The molecule has 2 N–H and O–H groups in total. The second kappa shape index (κ2) is 6.64. The van der Waals surface area contributed by atoms with E-state index < -0.39 is 0 Å². The van der Waals surface area contributed by atoms with Crippen LogP contribution in [0.5, 0.6) is 6.01 Å². The van der Waals surface area contributed by atoms with E-state index in [-0.39, 0.29) is 12.1 Å². The minimum Gasteiger partial charge on any atom is -0.461 e. The zero-order valence-electron chi connectivity index (χ0n) is 10.8. The number of rotatable bonds is 6. The second-order valence-electron chi connectivity index (χ2n) is 4.25. The molecule has 5 nitrogen and oxygen atoms in total. The second-order valence-corrected chi connectivity index (χ2v) is 5.24. The van der Waals surface area contributed by atoms with Crippen molar-refractivity contribution in [2.75, 3.05) is 11.5 Å². The van der Waals surface area contributed by atoms with Gasteiger partial charge in [-0.25, -0.2) is 0 Å². The fourth-order valence-electron chi connectivity index (χ4n) is 1.02. The summed E-state index contributed by atoms with van der Waals surface area (Å²) in [5.74, 6) is 1.82. The van der Waals surface area contributed by atoms with E-state index in [1.54, 1.807) is 11.8 Å². The lowest BCUT2D eigenvalue weighted by Gasteiger charge is -2.10. The summed E-state index contributed by atoms with van der Waals surface area (Å²) in [5.41, 5.74) is 5.62. The topological polar surface area (TPSA) is 73.9 Å². The van der Waals surface area contributed by atoms with E-state index in [1.165, 1.54) is 0 Å². The van der Waals surface area contributed by atoms with Crippen LogP contribution in [0.3, 0.4) is 0 Å². The predicted molar refractivity (Wildman–Crippen MR) is 70.2 cm³/mol. The van der Waals surface area contributed by atoms with Crippen LogP contribution in [0.2, 0.25) is 0 Å². The minimum absolute atomic E-state index is 0.0317. The Bertz CT molecular complexity index is 359. The molecule has 1 atom stereocenters. The monoisotopic (exact) mass is 256 g/mol. The lowest BCUT2D eigenvalue weighted by atomic mass is 10.2. The molecule has 0 saturated heterocycles. The quantitative estimate of drug-likeness (QED) is 0.788. The number of hydrogen-bond donors (Lipinski definition) is 1. The van der Waals surface area contributed by atoms with Gasteiger partial charge in [-0.3, -0.25) is 0 Å². The molecule has 0 bridgehead atoms. The lowest BCUT2D eigenvalue weighted by molar-refractivity contribution is 0.219. The first-order valence-electron chi connectivity index (χ1n) is 5.82. The smallest absolute Gasteiger partial charge is 0.322 e. The normalized spacial score (nSPS) is 12.8. The maximum Gasteiger partial charge on any atom is 0.322 e. The Morgan fingerprint density at radius 2 is 1.94 bits per heavy atom. The van der Waals surface area contributed by atoms with E-state index in [9.17, 15) is 0 Å². The first-order chi connectivity index (χ1) is 8.01. The van der Waals surface area contributed by atoms with Gasteiger partial charge in [0.05, 0.1) is 6.10 Å². The average molecular weight is 256 g/mol. The molecule has 0 spiro atoms. The molecule has 0 aliphatic heterocycles. The summed E-state index contributed by atoms with van der Waals surface area (Å²) in [7, 11) is 0. The maximum atomic E-state index is 5.62. The Kier molecular flexibility index (Phi) is 5.47. The molecule has 1 heterocycles. The molecule has 6 heteroatoms. The molecular weight excluding hydrogens is 236 g/mol. The summed E-state index contributed by atoms with van der Waals surface area (Å²) in [6.07, 6.45) is 1.17. The van der Waals surface area contributed by atoms with Crippen molar-refractivity contribution in [2.45, 2.75) is 45.4 Å². The molecule has 1 aromatic heterocycles. The highest BCUT2D eigenvalue weighted by molar-refractivity contribution is 7.99. The van der Waals surface area contributed by atoms with Gasteiger partial charge in [-0.2, -0.15) is 15.0 Å². The molecular formula is C11H20N4OS. The van der Waals surface area contributed by atoms with Crippen molar-refractivity contribution in [2.24, 2.45) is 5.92 Å². The third kappa shape index (κ3) is 5.21. The summed E-state index contributed by atoms with van der Waals surface area (Å²) < 4.78 is 5.41. The Balaban J connectivity index is 2.68. The van der Waals surface area contributed by atoms with Gasteiger partial charge in [-0.05, 0) is 19.8 Å². The molecule has 0 fully saturated rings. The number of hydrogen-bond acceptors (Lipinski definition) is 6. The fraction of sp³-hybridized carbons (Fsp3) is 0.727. The molecule has 96 valence electrons. The van der Waals surface area contributed by atoms with Crippen molar-refractivity contribution in [1.29, 1.82) is 0 Å². The summed E-state index contributed by atoms with van der Waals surface area (Å²) in [5, 5.41) is 0.633. The van der Waals surface area contributed by atoms with Crippen LogP contribution < -0.4 is 10.5 Å². The van der Waals surface area contributed by atoms with Gasteiger partial charge in [0.1, 0.15) is 0 Å². The first-order valence-corrected chi connectivity index (χ1v) is 6.80. The average Bonchev–Trinajstić information content (AvgIpc) is 2.24. The van der Waals surface area contributed by atoms with Gasteiger partial charge in [0.2, 0.25) is 5.95 Å². The Morgan fingerprint density at radius 3 is 2.53 bits per heavy atom. The van der Waals surface area contributed by atoms with Crippen molar-refractivity contribution in [3.8, 4) is 6.01 Å². The van der Waals surface area contributed by atoms with Crippen molar-refractivity contribution < 1.29 is 4.74 Å². The molecule has 1 aromatic rings. The van der Waals surface area contributed by atoms with Crippen LogP contribution in [-0.4, -0.2) is 26.8 Å². The van der Waals surface area contributed by atoms with Crippen LogP contribution in [0.4, 0.5) is 5.95 Å². The largest absolute Gasteiger partial charge is 0.461 e. The van der Waals surface area contributed by atoms with Crippen LogP contribution >= 0.6 is 11.8 Å². The van der Waals surface area contributed by atoms with Crippen molar-refractivity contribution >= 4 is 17.7 Å². The Morgan fingerprint density at radius 1 is 1.24 bits per heavy atom. The zero-order valence-corrected chi connectivity index (χ0v) is 11.6. The summed E-state index contributed by atoms with van der Waals surface area (Å²) >= 11 is 1.59. The maximum absolute atomic E-state index is 5.62. The lowest BCUT2D eigenvalue weighted by Crippen LogP contribution is -2.11. The summed E-state index contributed by atoms with van der Waals surface area (Å²) in [6.45, 7) is 8.21. The Labute approximate surface area is 107 Å². The van der Waals surface area contributed by atoms with Crippen molar-refractivity contribution in [3.63, 3.8) is 0 Å². The van der Waals surface area contributed by atoms with Gasteiger partial charge >= 0.3 is 6.01 Å². The number of nitrogen functional groups attached to an aromatic ring is 1. The van der Waals surface area contributed by atoms with Gasteiger partial charge < -0.3 is 10.5 Å². The standard InChI is InChI=1S/C11H20N4OS/c1-5-8(4)6-17-11-14-9(12)13-10(15-11)16-7(2)3/h7-8H,5-6H2,1-4H3,(H2,12,13,14,15). The minimum atomic E-state index is 0.0317. The van der Waals surface area contributed by atoms with Crippen LogP contribution in [0, 0.1) is 5.92 Å². The third-order valence-electron chi connectivity index (χ3n) is 2.15. The Hall–Kier alpha value is -1.04.